The van der Waals surface area contributed by atoms with Crippen LogP contribution in [0.2, 0.25) is 0 Å². The summed E-state index contributed by atoms with van der Waals surface area (Å²) in [6, 6.07) is 14.2. The Hall–Kier alpha value is -1.87. The van der Waals surface area contributed by atoms with Gasteiger partial charge in [0, 0.05) is 18.6 Å². The van der Waals surface area contributed by atoms with Gasteiger partial charge in [-0.15, -0.1) is 24.0 Å². The number of hydrogen-bond donors (Lipinski definition) is 2. The van der Waals surface area contributed by atoms with Crippen LogP contribution in [0.15, 0.2) is 53.5 Å². The van der Waals surface area contributed by atoms with E-state index in [2.05, 4.69) is 10.3 Å². The second kappa shape index (κ2) is 9.89. The molecule has 3 N–H and O–H groups in total. The molecule has 146 valence electrons. The van der Waals surface area contributed by atoms with Crippen molar-refractivity contribution in [3.05, 3.63) is 59.9 Å². The van der Waals surface area contributed by atoms with Gasteiger partial charge in [0.05, 0.1) is 19.3 Å². The number of hydrogen-bond acceptors (Lipinski definition) is 3. The molecule has 0 saturated carbocycles. The minimum Gasteiger partial charge on any atom is -0.495 e. The van der Waals surface area contributed by atoms with Crippen LogP contribution in [0.4, 0.5) is 10.1 Å². The quantitative estimate of drug-likeness (QED) is 0.383. The molecule has 7 heteroatoms. The van der Waals surface area contributed by atoms with Crippen LogP contribution in [0.3, 0.4) is 0 Å². The molecule has 0 unspecified atom stereocenters. The summed E-state index contributed by atoms with van der Waals surface area (Å²) >= 11 is 0. The van der Waals surface area contributed by atoms with Crippen LogP contribution in [-0.2, 0) is 10.2 Å². The Bertz CT molecular complexity index is 762. The Morgan fingerprint density at radius 3 is 2.52 bits per heavy atom. The van der Waals surface area contributed by atoms with E-state index in [9.17, 15) is 4.39 Å². The van der Waals surface area contributed by atoms with Gasteiger partial charge < -0.3 is 20.5 Å². The highest BCUT2D eigenvalue weighted by atomic mass is 127. The highest BCUT2D eigenvalue weighted by Crippen LogP contribution is 2.35. The Balaban J connectivity index is 0.00000261. The molecule has 0 aliphatic carbocycles. The summed E-state index contributed by atoms with van der Waals surface area (Å²) in [5.74, 6) is 0.782. The molecule has 0 aromatic heterocycles. The molecule has 0 spiro atoms. The molecule has 0 atom stereocenters. The van der Waals surface area contributed by atoms with E-state index in [4.69, 9.17) is 15.2 Å². The number of guanidine groups is 1. The third kappa shape index (κ3) is 5.32. The molecule has 2 aromatic rings. The fourth-order valence-electron chi connectivity index (χ4n) is 3.27. The fraction of sp³-hybridized carbons (Fsp3) is 0.350. The average Bonchev–Trinajstić information content (AvgIpc) is 2.68. The van der Waals surface area contributed by atoms with Crippen LogP contribution >= 0.6 is 24.0 Å². The van der Waals surface area contributed by atoms with E-state index in [-0.39, 0.29) is 35.2 Å². The fourth-order valence-corrected chi connectivity index (χ4v) is 3.27. The second-order valence-corrected chi connectivity index (χ2v) is 6.43. The number of nitrogens with two attached hydrogens (primary N) is 1. The highest BCUT2D eigenvalue weighted by molar-refractivity contribution is 14.0. The minimum atomic E-state index is -0.239. The lowest BCUT2D eigenvalue weighted by molar-refractivity contribution is 0.0531. The normalized spacial score (nSPS) is 16.3. The van der Waals surface area contributed by atoms with Crippen LogP contribution < -0.4 is 15.8 Å². The monoisotopic (exact) mass is 485 g/mol. The molecule has 1 saturated heterocycles. The first kappa shape index (κ1) is 21.4. The first-order valence-electron chi connectivity index (χ1n) is 8.67. The van der Waals surface area contributed by atoms with Crippen LogP contribution in [-0.4, -0.2) is 32.8 Å². The number of ether oxygens (including phenoxy) is 2. The largest absolute Gasteiger partial charge is 0.495 e. The van der Waals surface area contributed by atoms with E-state index < -0.39 is 0 Å². The van der Waals surface area contributed by atoms with E-state index in [0.29, 0.717) is 31.5 Å². The van der Waals surface area contributed by atoms with Crippen LogP contribution in [0.25, 0.3) is 0 Å². The van der Waals surface area contributed by atoms with Crippen LogP contribution in [0.5, 0.6) is 5.75 Å². The van der Waals surface area contributed by atoms with Gasteiger partial charge in [0.25, 0.3) is 0 Å². The molecule has 5 nitrogen and oxygen atoms in total. The Labute approximate surface area is 176 Å². The molecule has 3 rings (SSSR count). The molecule has 0 amide bonds. The molecule has 2 aromatic carbocycles. The molecule has 1 aliphatic heterocycles. The number of benzene rings is 2. The lowest BCUT2D eigenvalue weighted by Gasteiger charge is -2.36. The van der Waals surface area contributed by atoms with Gasteiger partial charge in [-0.2, -0.15) is 0 Å². The first-order valence-corrected chi connectivity index (χ1v) is 8.67. The standard InChI is InChI=1S/C20H24FN3O2.HI/c1-25-18-5-3-2-4-17(18)24-19(22)23-14-20(10-12-26-13-11-20)15-6-8-16(21)9-7-15;/h2-9H,10-14H2,1H3,(H3,22,23,24);1H. The Morgan fingerprint density at radius 1 is 1.19 bits per heavy atom. The van der Waals surface area contributed by atoms with Crippen molar-refractivity contribution in [1.29, 1.82) is 0 Å². The number of aliphatic imine (C=N–C) groups is 1. The van der Waals surface area contributed by atoms with Crippen molar-refractivity contribution in [2.75, 3.05) is 32.2 Å². The van der Waals surface area contributed by atoms with Gasteiger partial charge in [0.15, 0.2) is 5.96 Å². The smallest absolute Gasteiger partial charge is 0.193 e. The molecule has 1 heterocycles. The van der Waals surface area contributed by atoms with Gasteiger partial charge in [-0.1, -0.05) is 24.3 Å². The summed E-state index contributed by atoms with van der Waals surface area (Å²) in [5.41, 5.74) is 7.73. The van der Waals surface area contributed by atoms with Crippen LogP contribution in [0.1, 0.15) is 18.4 Å². The highest BCUT2D eigenvalue weighted by Gasteiger charge is 2.34. The van der Waals surface area contributed by atoms with Crippen molar-refractivity contribution in [3.63, 3.8) is 0 Å². The first-order chi connectivity index (χ1) is 12.6. The maximum Gasteiger partial charge on any atom is 0.193 e. The van der Waals surface area contributed by atoms with Crippen molar-refractivity contribution in [2.24, 2.45) is 10.7 Å². The Morgan fingerprint density at radius 2 is 1.85 bits per heavy atom. The summed E-state index contributed by atoms with van der Waals surface area (Å²) in [6.45, 7) is 1.83. The van der Waals surface area contributed by atoms with Crippen LogP contribution in [0, 0.1) is 5.82 Å². The zero-order valence-corrected chi connectivity index (χ0v) is 17.6. The predicted octanol–water partition coefficient (Wildman–Crippen LogP) is 3.93. The van der Waals surface area contributed by atoms with Gasteiger partial charge in [0.2, 0.25) is 0 Å². The molecule has 0 bridgehead atoms. The summed E-state index contributed by atoms with van der Waals surface area (Å²) in [5, 5.41) is 3.09. The van der Waals surface area contributed by atoms with Crippen molar-refractivity contribution < 1.29 is 13.9 Å². The van der Waals surface area contributed by atoms with E-state index >= 15 is 0 Å². The van der Waals surface area contributed by atoms with Crippen molar-refractivity contribution in [1.82, 2.24) is 0 Å². The lowest BCUT2D eigenvalue weighted by Crippen LogP contribution is -2.38. The number of methoxy groups -OCH3 is 1. The number of nitrogens with zero attached hydrogens (tertiary/aromatic N) is 1. The average molecular weight is 485 g/mol. The minimum absolute atomic E-state index is 0. The van der Waals surface area contributed by atoms with E-state index in [1.54, 1.807) is 7.11 Å². The maximum absolute atomic E-state index is 13.3. The van der Waals surface area contributed by atoms with Crippen molar-refractivity contribution in [3.8, 4) is 5.75 Å². The molecule has 1 aliphatic rings. The third-order valence-electron chi connectivity index (χ3n) is 4.83. The molecule has 27 heavy (non-hydrogen) atoms. The Kier molecular flexibility index (Phi) is 7.85. The topological polar surface area (TPSA) is 68.9 Å². The lowest BCUT2D eigenvalue weighted by atomic mass is 9.74. The van der Waals surface area contributed by atoms with Crippen molar-refractivity contribution in [2.45, 2.75) is 18.3 Å². The van der Waals surface area contributed by atoms with Gasteiger partial charge in [-0.25, -0.2) is 4.39 Å². The number of nitrogens with one attached hydrogen (secondary N) is 1. The van der Waals surface area contributed by atoms with E-state index in [0.717, 1.165) is 24.1 Å². The maximum atomic E-state index is 13.3. The van der Waals surface area contributed by atoms with Gasteiger partial charge >= 0.3 is 0 Å². The van der Waals surface area contributed by atoms with Gasteiger partial charge in [-0.05, 0) is 42.7 Å². The van der Waals surface area contributed by atoms with E-state index in [1.807, 2.05) is 36.4 Å². The second-order valence-electron chi connectivity index (χ2n) is 6.43. The predicted molar refractivity (Wildman–Crippen MR) is 117 cm³/mol. The van der Waals surface area contributed by atoms with E-state index in [1.165, 1.54) is 12.1 Å². The summed E-state index contributed by atoms with van der Waals surface area (Å²) < 4.78 is 24.1. The third-order valence-corrected chi connectivity index (χ3v) is 4.83. The molecule has 1 fully saturated rings. The molecule has 0 radical (unpaired) electrons. The molecular formula is C20H25FIN3O2. The number of rotatable bonds is 5. The van der Waals surface area contributed by atoms with Gasteiger partial charge in [0.1, 0.15) is 11.6 Å². The summed E-state index contributed by atoms with van der Waals surface area (Å²) in [4.78, 5) is 4.57. The summed E-state index contributed by atoms with van der Waals surface area (Å²) in [7, 11) is 1.61. The number of anilines is 1. The number of halogens is 2. The summed E-state index contributed by atoms with van der Waals surface area (Å²) in [6.07, 6.45) is 1.65. The molecular weight excluding hydrogens is 460 g/mol. The van der Waals surface area contributed by atoms with Gasteiger partial charge in [-0.3, -0.25) is 4.99 Å². The number of para-hydroxylation sites is 2. The zero-order chi connectivity index (χ0) is 18.4. The SMILES string of the molecule is COc1ccccc1NC(N)=NCC1(c2ccc(F)cc2)CCOCC1.I. The zero-order valence-electron chi connectivity index (χ0n) is 15.3. The van der Waals surface area contributed by atoms with Crippen molar-refractivity contribution >= 4 is 35.6 Å².